The van der Waals surface area contributed by atoms with Gasteiger partial charge in [0.1, 0.15) is 0 Å². The largest absolute Gasteiger partial charge is 0.353 e. The third-order valence-corrected chi connectivity index (χ3v) is 7.93. The lowest BCUT2D eigenvalue weighted by Crippen LogP contribution is -2.55. The van der Waals surface area contributed by atoms with Gasteiger partial charge in [-0.15, -0.1) is 0 Å². The van der Waals surface area contributed by atoms with E-state index in [0.717, 1.165) is 30.9 Å². The highest BCUT2D eigenvalue weighted by Crippen LogP contribution is 2.45. The summed E-state index contributed by atoms with van der Waals surface area (Å²) in [7, 11) is 0. The summed E-state index contributed by atoms with van der Waals surface area (Å²) in [6.45, 7) is 2.06. The molecule has 0 bridgehead atoms. The zero-order valence-electron chi connectivity index (χ0n) is 17.0. The number of amides is 1. The molecule has 1 aromatic rings. The van der Waals surface area contributed by atoms with Gasteiger partial charge in [-0.2, -0.15) is 0 Å². The van der Waals surface area contributed by atoms with Gasteiger partial charge in [-0.05, 0) is 68.1 Å². The molecule has 2 aliphatic heterocycles. The Morgan fingerprint density at radius 3 is 2.75 bits per heavy atom. The van der Waals surface area contributed by atoms with E-state index in [1.54, 1.807) is 0 Å². The van der Waals surface area contributed by atoms with Gasteiger partial charge in [-0.1, -0.05) is 32.1 Å². The molecule has 3 heterocycles. The maximum Gasteiger partial charge on any atom is 0.223 e. The van der Waals surface area contributed by atoms with Crippen LogP contribution in [-0.4, -0.2) is 23.0 Å². The number of hydrogen-bond acceptors (Lipinski definition) is 4. The monoisotopic (exact) mass is 382 g/mol. The van der Waals surface area contributed by atoms with E-state index in [1.807, 2.05) is 6.20 Å². The number of piperidine rings is 1. The van der Waals surface area contributed by atoms with E-state index in [9.17, 15) is 4.79 Å². The lowest BCUT2D eigenvalue weighted by atomic mass is 9.66. The molecular weight excluding hydrogens is 348 g/mol. The van der Waals surface area contributed by atoms with Crippen molar-refractivity contribution in [2.75, 3.05) is 0 Å². The van der Waals surface area contributed by atoms with Crippen LogP contribution in [0.25, 0.3) is 0 Å². The summed E-state index contributed by atoms with van der Waals surface area (Å²) in [5, 5.41) is 3.42. The Labute approximate surface area is 168 Å². The number of carbonyl (C=O) groups excluding carboxylic acids is 1. The fraction of sp³-hybridized carbons (Fsp3) is 0.739. The summed E-state index contributed by atoms with van der Waals surface area (Å²) in [5.74, 6) is 2.56. The molecule has 0 aromatic carbocycles. The zero-order chi connectivity index (χ0) is 19.1. The van der Waals surface area contributed by atoms with Crippen LogP contribution in [0.2, 0.25) is 0 Å². The van der Waals surface area contributed by atoms with E-state index < -0.39 is 0 Å². The van der Waals surface area contributed by atoms with Gasteiger partial charge in [0.15, 0.2) is 0 Å². The van der Waals surface area contributed by atoms with Crippen LogP contribution in [0.5, 0.6) is 0 Å². The smallest absolute Gasteiger partial charge is 0.223 e. The first-order chi connectivity index (χ1) is 13.7. The van der Waals surface area contributed by atoms with E-state index in [-0.39, 0.29) is 5.92 Å². The van der Waals surface area contributed by atoms with Crippen molar-refractivity contribution in [3.63, 3.8) is 0 Å². The number of carbonyl (C=O) groups is 1. The van der Waals surface area contributed by atoms with Crippen molar-refractivity contribution in [2.24, 2.45) is 23.7 Å². The van der Waals surface area contributed by atoms with Crippen molar-refractivity contribution < 1.29 is 4.79 Å². The Morgan fingerprint density at radius 2 is 1.93 bits per heavy atom. The molecule has 6 unspecified atom stereocenters. The maximum atomic E-state index is 12.8. The zero-order valence-corrected chi connectivity index (χ0v) is 17.0. The van der Waals surface area contributed by atoms with Crippen LogP contribution in [0.3, 0.4) is 0 Å². The lowest BCUT2D eigenvalue weighted by molar-refractivity contribution is -0.131. The second-order valence-electron chi connectivity index (χ2n) is 9.79. The molecule has 2 saturated carbocycles. The SMILES string of the molecule is Cc1cc(C2NNC3CC4NC(=O)C(CC5CCCCC5)CC4CC32)ccn1. The fourth-order valence-electron chi connectivity index (χ4n) is 6.49. The van der Waals surface area contributed by atoms with Gasteiger partial charge in [-0.3, -0.25) is 15.2 Å². The maximum absolute atomic E-state index is 12.8. The van der Waals surface area contributed by atoms with Gasteiger partial charge in [0.05, 0.1) is 6.04 Å². The van der Waals surface area contributed by atoms with Crippen molar-refractivity contribution in [3.8, 4) is 0 Å². The van der Waals surface area contributed by atoms with Crippen molar-refractivity contribution in [1.82, 2.24) is 21.2 Å². The van der Waals surface area contributed by atoms with Crippen LogP contribution in [0, 0.1) is 30.6 Å². The van der Waals surface area contributed by atoms with E-state index in [4.69, 9.17) is 0 Å². The second-order valence-corrected chi connectivity index (χ2v) is 9.79. The van der Waals surface area contributed by atoms with Gasteiger partial charge in [0, 0.05) is 29.9 Å². The Hall–Kier alpha value is -1.46. The molecule has 4 aliphatic rings. The number of nitrogens with zero attached hydrogens (tertiary/aromatic N) is 1. The molecule has 1 aromatic heterocycles. The number of aryl methyl sites for hydroxylation is 1. The highest BCUT2D eigenvalue weighted by molar-refractivity contribution is 5.80. The molecule has 4 fully saturated rings. The first-order valence-electron chi connectivity index (χ1n) is 11.4. The Morgan fingerprint density at radius 1 is 1.07 bits per heavy atom. The molecule has 28 heavy (non-hydrogen) atoms. The number of hydrazine groups is 1. The molecule has 1 amide bonds. The summed E-state index contributed by atoms with van der Waals surface area (Å²) < 4.78 is 0. The molecule has 2 aliphatic carbocycles. The lowest BCUT2D eigenvalue weighted by Gasteiger charge is -2.45. The third kappa shape index (κ3) is 3.59. The van der Waals surface area contributed by atoms with E-state index in [2.05, 4.69) is 40.2 Å². The number of hydrogen-bond donors (Lipinski definition) is 3. The van der Waals surface area contributed by atoms with Crippen LogP contribution in [0.4, 0.5) is 0 Å². The minimum Gasteiger partial charge on any atom is -0.353 e. The average molecular weight is 383 g/mol. The van der Waals surface area contributed by atoms with E-state index >= 15 is 0 Å². The van der Waals surface area contributed by atoms with Crippen LogP contribution < -0.4 is 16.2 Å². The predicted octanol–water partition coefficient (Wildman–Crippen LogP) is 3.41. The predicted molar refractivity (Wildman–Crippen MR) is 109 cm³/mol. The summed E-state index contributed by atoms with van der Waals surface area (Å²) in [6.07, 6.45) is 13.2. The molecule has 5 rings (SSSR count). The minimum atomic E-state index is 0.241. The first kappa shape index (κ1) is 18.6. The molecule has 2 saturated heterocycles. The molecule has 152 valence electrons. The van der Waals surface area contributed by atoms with Crippen LogP contribution in [0.15, 0.2) is 18.3 Å². The molecule has 0 spiro atoms. The summed E-state index contributed by atoms with van der Waals surface area (Å²) in [6, 6.07) is 5.50. The molecule has 3 N–H and O–H groups in total. The first-order valence-corrected chi connectivity index (χ1v) is 11.4. The minimum absolute atomic E-state index is 0.241. The van der Waals surface area contributed by atoms with Crippen LogP contribution in [-0.2, 0) is 4.79 Å². The standard InChI is InChI=1S/C23H34N4O/c1-14-9-16(7-8-24-14)22-19-12-17-11-18(10-15-5-3-2-4-6-15)23(28)25-20(17)13-21(19)26-27-22/h7-9,15,17-22,26-27H,2-6,10-13H2,1H3,(H,25,28). The Balaban J connectivity index is 1.27. The van der Waals surface area contributed by atoms with Gasteiger partial charge >= 0.3 is 0 Å². The average Bonchev–Trinajstić information content (AvgIpc) is 3.10. The van der Waals surface area contributed by atoms with E-state index in [1.165, 1.54) is 44.1 Å². The molecular formula is C23H34N4O. The molecule has 0 radical (unpaired) electrons. The molecule has 5 heteroatoms. The fourth-order valence-corrected chi connectivity index (χ4v) is 6.49. The van der Waals surface area contributed by atoms with Gasteiger partial charge in [0.2, 0.25) is 5.91 Å². The normalized spacial score (nSPS) is 38.5. The Bertz CT molecular complexity index is 716. The molecule has 6 atom stereocenters. The van der Waals surface area contributed by atoms with Gasteiger partial charge in [-0.25, -0.2) is 5.43 Å². The molecule has 5 nitrogen and oxygen atoms in total. The van der Waals surface area contributed by atoms with Crippen LogP contribution in [0.1, 0.15) is 75.1 Å². The highest BCUT2D eigenvalue weighted by Gasteiger charge is 2.48. The van der Waals surface area contributed by atoms with Crippen molar-refractivity contribution in [2.45, 2.75) is 82.8 Å². The number of pyridine rings is 1. The topological polar surface area (TPSA) is 66.0 Å². The van der Waals surface area contributed by atoms with Crippen molar-refractivity contribution in [3.05, 3.63) is 29.6 Å². The van der Waals surface area contributed by atoms with Gasteiger partial charge in [0.25, 0.3) is 0 Å². The van der Waals surface area contributed by atoms with Gasteiger partial charge < -0.3 is 5.32 Å². The third-order valence-electron chi connectivity index (χ3n) is 7.93. The Kier molecular flexibility index (Phi) is 5.14. The number of nitrogens with one attached hydrogen (secondary N) is 3. The number of aromatic nitrogens is 1. The van der Waals surface area contributed by atoms with Crippen LogP contribution >= 0.6 is 0 Å². The number of fused-ring (bicyclic) bond motifs is 2. The summed E-state index contributed by atoms with van der Waals surface area (Å²) in [5.41, 5.74) is 9.49. The van der Waals surface area contributed by atoms with E-state index in [0.29, 0.717) is 35.9 Å². The quantitative estimate of drug-likeness (QED) is 0.750. The van der Waals surface area contributed by atoms with Crippen molar-refractivity contribution in [1.29, 1.82) is 0 Å². The van der Waals surface area contributed by atoms with Crippen molar-refractivity contribution >= 4 is 5.91 Å². The second kappa shape index (κ2) is 7.75. The number of rotatable bonds is 3. The summed E-state index contributed by atoms with van der Waals surface area (Å²) in [4.78, 5) is 17.1. The summed E-state index contributed by atoms with van der Waals surface area (Å²) >= 11 is 0. The highest BCUT2D eigenvalue weighted by atomic mass is 16.2.